The minimum absolute atomic E-state index is 0.176. The predicted octanol–water partition coefficient (Wildman–Crippen LogP) is 2.27. The van der Waals surface area contributed by atoms with Crippen LogP contribution < -0.4 is 15.6 Å². The monoisotopic (exact) mass is 332 g/mol. The number of H-pyrrole nitrogens is 1. The fourth-order valence-corrected chi connectivity index (χ4v) is 2.95. The van der Waals surface area contributed by atoms with Gasteiger partial charge in [-0.2, -0.15) is 0 Å². The van der Waals surface area contributed by atoms with E-state index in [1.807, 2.05) is 19.9 Å². The molecule has 0 saturated heterocycles. The van der Waals surface area contributed by atoms with Gasteiger partial charge in [0.25, 0.3) is 11.5 Å². The molecule has 0 aliphatic carbocycles. The van der Waals surface area contributed by atoms with Crippen LogP contribution in [-0.2, 0) is 17.8 Å². The Labute approximate surface area is 138 Å². The first-order valence-electron chi connectivity index (χ1n) is 7.36. The summed E-state index contributed by atoms with van der Waals surface area (Å²) >= 11 is 5.95. The zero-order chi connectivity index (χ0) is 16.6. The molecular weight excluding hydrogens is 316 g/mol. The van der Waals surface area contributed by atoms with Gasteiger partial charge >= 0.3 is 0 Å². The van der Waals surface area contributed by atoms with Crippen molar-refractivity contribution in [1.29, 1.82) is 0 Å². The number of aromatic amines is 1. The van der Waals surface area contributed by atoms with Crippen molar-refractivity contribution in [3.63, 3.8) is 0 Å². The van der Waals surface area contributed by atoms with Gasteiger partial charge in [-0.3, -0.25) is 9.59 Å². The van der Waals surface area contributed by atoms with Crippen LogP contribution in [0.1, 0.15) is 22.4 Å². The summed E-state index contributed by atoms with van der Waals surface area (Å²) in [5.41, 5.74) is 2.96. The SMILES string of the molecule is Cc1cc(C)c(CNC(=O)C2Cc3cc(Cl)ccc3O2)c(=O)[nH]1. The summed E-state index contributed by atoms with van der Waals surface area (Å²) in [6, 6.07) is 7.18. The van der Waals surface area contributed by atoms with Gasteiger partial charge in [-0.25, -0.2) is 0 Å². The zero-order valence-electron chi connectivity index (χ0n) is 12.9. The van der Waals surface area contributed by atoms with E-state index in [0.717, 1.165) is 16.8 Å². The molecule has 1 aromatic heterocycles. The summed E-state index contributed by atoms with van der Waals surface area (Å²) in [5, 5.41) is 3.40. The molecule has 0 spiro atoms. The molecule has 0 saturated carbocycles. The first kappa shape index (κ1) is 15.6. The van der Waals surface area contributed by atoms with Gasteiger partial charge in [0.1, 0.15) is 5.75 Å². The second kappa shape index (κ2) is 6.08. The van der Waals surface area contributed by atoms with Crippen molar-refractivity contribution in [2.45, 2.75) is 32.9 Å². The third-order valence-electron chi connectivity index (χ3n) is 3.92. The lowest BCUT2D eigenvalue weighted by atomic mass is 10.1. The molecule has 1 aromatic carbocycles. The summed E-state index contributed by atoms with van der Waals surface area (Å²) in [6.45, 7) is 3.86. The van der Waals surface area contributed by atoms with Crippen molar-refractivity contribution < 1.29 is 9.53 Å². The molecule has 120 valence electrons. The number of aromatic nitrogens is 1. The smallest absolute Gasteiger partial charge is 0.261 e. The van der Waals surface area contributed by atoms with Gasteiger partial charge in [0.15, 0.2) is 6.10 Å². The highest BCUT2D eigenvalue weighted by Gasteiger charge is 2.29. The maximum atomic E-state index is 12.3. The van der Waals surface area contributed by atoms with Crippen LogP contribution >= 0.6 is 11.6 Å². The van der Waals surface area contributed by atoms with E-state index in [2.05, 4.69) is 10.3 Å². The maximum Gasteiger partial charge on any atom is 0.261 e. The highest BCUT2D eigenvalue weighted by Crippen LogP contribution is 2.31. The van der Waals surface area contributed by atoms with Crippen LogP contribution in [0.25, 0.3) is 0 Å². The molecule has 1 aliphatic heterocycles. The van der Waals surface area contributed by atoms with Crippen molar-refractivity contribution in [1.82, 2.24) is 10.3 Å². The number of carbonyl (C=O) groups excluding carboxylic acids is 1. The average Bonchev–Trinajstić information content (AvgIpc) is 2.88. The lowest BCUT2D eigenvalue weighted by Gasteiger charge is -2.12. The Balaban J connectivity index is 1.67. The second-order valence-corrected chi connectivity index (χ2v) is 6.16. The minimum atomic E-state index is -0.590. The van der Waals surface area contributed by atoms with E-state index in [9.17, 15) is 9.59 Å². The minimum Gasteiger partial charge on any atom is -0.480 e. The number of ether oxygens (including phenoxy) is 1. The van der Waals surface area contributed by atoms with Crippen LogP contribution in [0.15, 0.2) is 29.1 Å². The lowest BCUT2D eigenvalue weighted by Crippen LogP contribution is -2.38. The van der Waals surface area contributed by atoms with Crippen LogP contribution in [0, 0.1) is 13.8 Å². The van der Waals surface area contributed by atoms with Gasteiger partial charge in [0, 0.05) is 29.2 Å². The number of hydrogen-bond acceptors (Lipinski definition) is 3. The summed E-state index contributed by atoms with van der Waals surface area (Å²) in [5.74, 6) is 0.440. The summed E-state index contributed by atoms with van der Waals surface area (Å²) in [6.07, 6.45) is -0.112. The van der Waals surface area contributed by atoms with E-state index in [-0.39, 0.29) is 18.0 Å². The van der Waals surface area contributed by atoms with Crippen LogP contribution in [0.2, 0.25) is 5.02 Å². The molecule has 3 rings (SSSR count). The lowest BCUT2D eigenvalue weighted by molar-refractivity contribution is -0.127. The van der Waals surface area contributed by atoms with Gasteiger partial charge in [0.05, 0.1) is 0 Å². The van der Waals surface area contributed by atoms with Crippen molar-refractivity contribution >= 4 is 17.5 Å². The van der Waals surface area contributed by atoms with Crippen molar-refractivity contribution in [2.75, 3.05) is 0 Å². The maximum absolute atomic E-state index is 12.3. The first-order chi connectivity index (χ1) is 10.9. The largest absolute Gasteiger partial charge is 0.480 e. The summed E-state index contributed by atoms with van der Waals surface area (Å²) in [4.78, 5) is 27.0. The molecule has 0 bridgehead atoms. The van der Waals surface area contributed by atoms with Gasteiger partial charge in [-0.05, 0) is 49.2 Å². The number of pyridine rings is 1. The molecule has 6 heteroatoms. The molecule has 1 unspecified atom stereocenters. The number of halogens is 1. The van der Waals surface area contributed by atoms with Crippen LogP contribution in [0.5, 0.6) is 5.75 Å². The van der Waals surface area contributed by atoms with Gasteiger partial charge in [-0.1, -0.05) is 11.6 Å². The Morgan fingerprint density at radius 2 is 2.17 bits per heavy atom. The first-order valence-corrected chi connectivity index (χ1v) is 7.74. The molecule has 2 N–H and O–H groups in total. The van der Waals surface area contributed by atoms with Crippen LogP contribution in [-0.4, -0.2) is 17.0 Å². The third-order valence-corrected chi connectivity index (χ3v) is 4.16. The van der Waals surface area contributed by atoms with E-state index in [1.165, 1.54) is 0 Å². The summed E-state index contributed by atoms with van der Waals surface area (Å²) < 4.78 is 5.64. The van der Waals surface area contributed by atoms with Crippen molar-refractivity contribution in [3.05, 3.63) is 62.0 Å². The Hall–Kier alpha value is -2.27. The number of amides is 1. The molecule has 0 radical (unpaired) electrons. The topological polar surface area (TPSA) is 71.2 Å². The molecular formula is C17H17ClN2O3. The molecule has 1 amide bonds. The molecule has 5 nitrogen and oxygen atoms in total. The molecule has 1 atom stereocenters. The number of carbonyl (C=O) groups is 1. The number of aryl methyl sites for hydroxylation is 2. The molecule has 23 heavy (non-hydrogen) atoms. The Kier molecular flexibility index (Phi) is 4.13. The fraction of sp³-hybridized carbons (Fsp3) is 0.294. The van der Waals surface area contributed by atoms with Crippen molar-refractivity contribution in [3.8, 4) is 5.75 Å². The van der Waals surface area contributed by atoms with E-state index in [4.69, 9.17) is 16.3 Å². The third kappa shape index (κ3) is 3.24. The van der Waals surface area contributed by atoms with E-state index >= 15 is 0 Å². The van der Waals surface area contributed by atoms with E-state index < -0.39 is 6.10 Å². The van der Waals surface area contributed by atoms with E-state index in [0.29, 0.717) is 22.8 Å². The number of fused-ring (bicyclic) bond motifs is 1. The van der Waals surface area contributed by atoms with Crippen LogP contribution in [0.3, 0.4) is 0 Å². The highest BCUT2D eigenvalue weighted by atomic mass is 35.5. The summed E-state index contributed by atoms with van der Waals surface area (Å²) in [7, 11) is 0. The number of hydrogen-bond donors (Lipinski definition) is 2. The fourth-order valence-electron chi connectivity index (χ4n) is 2.75. The molecule has 2 heterocycles. The Morgan fingerprint density at radius 1 is 1.39 bits per heavy atom. The van der Waals surface area contributed by atoms with E-state index in [1.54, 1.807) is 18.2 Å². The Bertz CT molecular complexity index is 829. The number of rotatable bonds is 3. The molecule has 1 aliphatic rings. The van der Waals surface area contributed by atoms with Gasteiger partial charge in [-0.15, -0.1) is 0 Å². The quantitative estimate of drug-likeness (QED) is 0.905. The normalized spacial score (nSPS) is 15.9. The standard InChI is InChI=1S/C17H17ClN2O3/c1-9-5-10(2)20-16(21)13(9)8-19-17(22)15-7-11-6-12(18)3-4-14(11)23-15/h3-6,15H,7-8H2,1-2H3,(H,19,22)(H,20,21). The number of benzene rings is 1. The van der Waals surface area contributed by atoms with Gasteiger partial charge in [0.2, 0.25) is 0 Å². The predicted molar refractivity (Wildman–Crippen MR) is 88.0 cm³/mol. The zero-order valence-corrected chi connectivity index (χ0v) is 13.7. The molecule has 2 aromatic rings. The van der Waals surface area contributed by atoms with Gasteiger partial charge < -0.3 is 15.0 Å². The van der Waals surface area contributed by atoms with Crippen molar-refractivity contribution in [2.24, 2.45) is 0 Å². The molecule has 0 fully saturated rings. The Morgan fingerprint density at radius 3 is 2.91 bits per heavy atom. The van der Waals surface area contributed by atoms with Crippen LogP contribution in [0.4, 0.5) is 0 Å². The second-order valence-electron chi connectivity index (χ2n) is 5.72. The average molecular weight is 333 g/mol. The number of nitrogens with one attached hydrogen (secondary N) is 2. The highest BCUT2D eigenvalue weighted by molar-refractivity contribution is 6.30.